The van der Waals surface area contributed by atoms with Gasteiger partial charge in [0.05, 0.1) is 5.54 Å². The van der Waals surface area contributed by atoms with Crippen molar-refractivity contribution in [2.24, 2.45) is 5.73 Å². The Balaban J connectivity index is 2.08. The van der Waals surface area contributed by atoms with Crippen LogP contribution in [-0.4, -0.2) is 34.7 Å². The molecule has 0 spiro atoms. The van der Waals surface area contributed by atoms with Crippen LogP contribution in [0.4, 0.5) is 0 Å². The number of hydrogen-bond donors (Lipinski definition) is 1. The van der Waals surface area contributed by atoms with Gasteiger partial charge in [0.25, 0.3) is 0 Å². The van der Waals surface area contributed by atoms with E-state index >= 15 is 0 Å². The zero-order valence-electron chi connectivity index (χ0n) is 12.4. The molecule has 0 saturated carbocycles. The van der Waals surface area contributed by atoms with Crippen LogP contribution in [0.25, 0.3) is 0 Å². The third-order valence-electron chi connectivity index (χ3n) is 3.89. The Morgan fingerprint density at radius 2 is 2.16 bits per heavy atom. The molecule has 1 saturated heterocycles. The summed E-state index contributed by atoms with van der Waals surface area (Å²) in [7, 11) is 0. The standard InChI is InChI=1S/C14H26N4O/c1-4-8-18-9-5-6-14(15,7-10-18)13-16-12(11(2)3)19-17-13/h11H,4-10,15H2,1-3H3. The molecule has 0 radical (unpaired) electrons. The first-order valence-corrected chi connectivity index (χ1v) is 7.40. The predicted octanol–water partition coefficient (Wildman–Crippen LogP) is 2.24. The zero-order chi connectivity index (χ0) is 13.9. The van der Waals surface area contributed by atoms with E-state index in [1.807, 2.05) is 0 Å². The van der Waals surface area contributed by atoms with E-state index < -0.39 is 5.54 Å². The highest BCUT2D eigenvalue weighted by Gasteiger charge is 2.35. The number of hydrogen-bond acceptors (Lipinski definition) is 5. The molecule has 1 aromatic heterocycles. The molecule has 19 heavy (non-hydrogen) atoms. The summed E-state index contributed by atoms with van der Waals surface area (Å²) in [5, 5.41) is 4.12. The lowest BCUT2D eigenvalue weighted by Crippen LogP contribution is -2.39. The predicted molar refractivity (Wildman–Crippen MR) is 74.8 cm³/mol. The summed E-state index contributed by atoms with van der Waals surface area (Å²) >= 11 is 0. The van der Waals surface area contributed by atoms with Gasteiger partial charge in [0.1, 0.15) is 0 Å². The summed E-state index contributed by atoms with van der Waals surface area (Å²) in [5.41, 5.74) is 6.12. The van der Waals surface area contributed by atoms with Gasteiger partial charge in [-0.15, -0.1) is 0 Å². The van der Waals surface area contributed by atoms with E-state index in [9.17, 15) is 0 Å². The molecule has 1 fully saturated rings. The van der Waals surface area contributed by atoms with Crippen molar-refractivity contribution in [2.45, 2.75) is 57.9 Å². The van der Waals surface area contributed by atoms with Gasteiger partial charge >= 0.3 is 0 Å². The lowest BCUT2D eigenvalue weighted by Gasteiger charge is -2.24. The fourth-order valence-corrected chi connectivity index (χ4v) is 2.65. The zero-order valence-corrected chi connectivity index (χ0v) is 12.4. The summed E-state index contributed by atoms with van der Waals surface area (Å²) in [6, 6.07) is 0. The minimum Gasteiger partial charge on any atom is -0.339 e. The molecule has 5 heteroatoms. The van der Waals surface area contributed by atoms with Crippen LogP contribution in [0, 0.1) is 0 Å². The lowest BCUT2D eigenvalue weighted by atomic mass is 9.91. The number of nitrogens with two attached hydrogens (primary N) is 1. The molecule has 1 aromatic rings. The summed E-state index contributed by atoms with van der Waals surface area (Å²) in [6.45, 7) is 9.62. The molecule has 2 rings (SSSR count). The molecule has 1 atom stereocenters. The Labute approximate surface area is 115 Å². The van der Waals surface area contributed by atoms with Crippen LogP contribution < -0.4 is 5.73 Å². The van der Waals surface area contributed by atoms with Gasteiger partial charge in [0.2, 0.25) is 5.89 Å². The number of rotatable bonds is 4. The van der Waals surface area contributed by atoms with E-state index in [0.29, 0.717) is 11.7 Å². The first kappa shape index (κ1) is 14.5. The van der Waals surface area contributed by atoms with E-state index in [2.05, 4.69) is 35.8 Å². The SMILES string of the molecule is CCCN1CCCC(N)(c2noc(C(C)C)n2)CC1. The second-order valence-electron chi connectivity index (χ2n) is 5.96. The molecule has 0 aliphatic carbocycles. The van der Waals surface area contributed by atoms with Gasteiger partial charge in [-0.25, -0.2) is 0 Å². The topological polar surface area (TPSA) is 68.2 Å². The Morgan fingerprint density at radius 3 is 2.79 bits per heavy atom. The molecule has 0 bridgehead atoms. The van der Waals surface area contributed by atoms with Crippen LogP contribution in [0.15, 0.2) is 4.52 Å². The smallest absolute Gasteiger partial charge is 0.229 e. The van der Waals surface area contributed by atoms with Crippen molar-refractivity contribution in [1.29, 1.82) is 0 Å². The Hall–Kier alpha value is -0.940. The molecule has 2 N–H and O–H groups in total. The number of aromatic nitrogens is 2. The second-order valence-corrected chi connectivity index (χ2v) is 5.96. The highest BCUT2D eigenvalue weighted by atomic mass is 16.5. The fourth-order valence-electron chi connectivity index (χ4n) is 2.65. The van der Waals surface area contributed by atoms with E-state index in [4.69, 9.17) is 10.3 Å². The Bertz CT molecular complexity index is 404. The van der Waals surface area contributed by atoms with Crippen LogP contribution in [0.5, 0.6) is 0 Å². The summed E-state index contributed by atoms with van der Waals surface area (Å²) in [6.07, 6.45) is 4.13. The normalized spacial score (nSPS) is 25.7. The average molecular weight is 266 g/mol. The van der Waals surface area contributed by atoms with E-state index in [0.717, 1.165) is 38.9 Å². The summed E-state index contributed by atoms with van der Waals surface area (Å²) in [4.78, 5) is 6.98. The quantitative estimate of drug-likeness (QED) is 0.905. The average Bonchev–Trinajstić information content (AvgIpc) is 2.79. The third-order valence-corrected chi connectivity index (χ3v) is 3.89. The molecule has 1 aliphatic rings. The highest BCUT2D eigenvalue weighted by molar-refractivity contribution is 5.06. The van der Waals surface area contributed by atoms with Crippen molar-refractivity contribution in [3.05, 3.63) is 11.7 Å². The van der Waals surface area contributed by atoms with Crippen molar-refractivity contribution >= 4 is 0 Å². The van der Waals surface area contributed by atoms with Crippen LogP contribution >= 0.6 is 0 Å². The van der Waals surface area contributed by atoms with Crippen molar-refractivity contribution in [2.75, 3.05) is 19.6 Å². The number of nitrogens with zero attached hydrogens (tertiary/aromatic N) is 3. The van der Waals surface area contributed by atoms with Gasteiger partial charge in [-0.1, -0.05) is 25.9 Å². The van der Waals surface area contributed by atoms with Gasteiger partial charge in [0, 0.05) is 12.5 Å². The summed E-state index contributed by atoms with van der Waals surface area (Å²) in [5.74, 6) is 1.64. The molecule has 2 heterocycles. The minimum atomic E-state index is -0.418. The summed E-state index contributed by atoms with van der Waals surface area (Å²) < 4.78 is 5.30. The molecule has 5 nitrogen and oxygen atoms in total. The largest absolute Gasteiger partial charge is 0.339 e. The molecule has 1 unspecified atom stereocenters. The first-order valence-electron chi connectivity index (χ1n) is 7.40. The second kappa shape index (κ2) is 6.01. The highest BCUT2D eigenvalue weighted by Crippen LogP contribution is 2.29. The van der Waals surface area contributed by atoms with Crippen molar-refractivity contribution in [1.82, 2.24) is 15.0 Å². The van der Waals surface area contributed by atoms with E-state index in [1.54, 1.807) is 0 Å². The molecule has 0 amide bonds. The van der Waals surface area contributed by atoms with Gasteiger partial charge in [-0.05, 0) is 38.8 Å². The van der Waals surface area contributed by atoms with Crippen LogP contribution in [-0.2, 0) is 5.54 Å². The van der Waals surface area contributed by atoms with Gasteiger partial charge in [-0.3, -0.25) is 0 Å². The van der Waals surface area contributed by atoms with Gasteiger partial charge in [0.15, 0.2) is 5.82 Å². The number of likely N-dealkylation sites (tertiary alicyclic amines) is 1. The monoisotopic (exact) mass is 266 g/mol. The molecule has 108 valence electrons. The fraction of sp³-hybridized carbons (Fsp3) is 0.857. The van der Waals surface area contributed by atoms with Gasteiger partial charge in [-0.2, -0.15) is 4.98 Å². The molecule has 0 aromatic carbocycles. The maximum atomic E-state index is 6.54. The van der Waals surface area contributed by atoms with Crippen molar-refractivity contribution in [3.63, 3.8) is 0 Å². The molecular weight excluding hydrogens is 240 g/mol. The maximum absolute atomic E-state index is 6.54. The van der Waals surface area contributed by atoms with Crippen LogP contribution in [0.1, 0.15) is 64.1 Å². The minimum absolute atomic E-state index is 0.257. The van der Waals surface area contributed by atoms with Crippen LogP contribution in [0.2, 0.25) is 0 Å². The third kappa shape index (κ3) is 3.34. The van der Waals surface area contributed by atoms with Crippen LogP contribution in [0.3, 0.4) is 0 Å². The Kier molecular flexibility index (Phi) is 4.58. The van der Waals surface area contributed by atoms with Crippen molar-refractivity contribution in [3.8, 4) is 0 Å². The molecule has 1 aliphatic heterocycles. The Morgan fingerprint density at radius 1 is 1.37 bits per heavy atom. The lowest BCUT2D eigenvalue weighted by molar-refractivity contribution is 0.271. The first-order chi connectivity index (χ1) is 9.05. The maximum Gasteiger partial charge on any atom is 0.229 e. The van der Waals surface area contributed by atoms with Gasteiger partial charge < -0.3 is 15.2 Å². The van der Waals surface area contributed by atoms with E-state index in [-0.39, 0.29) is 5.92 Å². The van der Waals surface area contributed by atoms with Crippen molar-refractivity contribution < 1.29 is 4.52 Å². The molecular formula is C14H26N4O. The van der Waals surface area contributed by atoms with E-state index in [1.165, 1.54) is 6.42 Å².